The van der Waals surface area contributed by atoms with Crippen LogP contribution in [0.15, 0.2) is 10.3 Å². The van der Waals surface area contributed by atoms with E-state index in [1.165, 1.54) is 11.4 Å². The highest BCUT2D eigenvalue weighted by atomic mass is 35.5. The largest absolute Gasteiger partial charge is 0.300 e. The average Bonchev–Trinajstić information content (AvgIpc) is 2.66. The fourth-order valence-electron chi connectivity index (χ4n) is 1.88. The van der Waals surface area contributed by atoms with Gasteiger partial charge >= 0.3 is 0 Å². The summed E-state index contributed by atoms with van der Waals surface area (Å²) < 4.78 is 25.6. The number of hydrogen-bond acceptors (Lipinski definition) is 5. The second kappa shape index (κ2) is 5.35. The van der Waals surface area contributed by atoms with Crippen molar-refractivity contribution in [2.75, 3.05) is 13.6 Å². The van der Waals surface area contributed by atoms with Crippen LogP contribution in [0.5, 0.6) is 0 Å². The van der Waals surface area contributed by atoms with Crippen molar-refractivity contribution < 1.29 is 13.3 Å². The van der Waals surface area contributed by atoms with Gasteiger partial charge in [0, 0.05) is 19.7 Å². The molecule has 0 bridgehead atoms. The molecule has 0 unspecified atom stereocenters. The van der Waals surface area contributed by atoms with Gasteiger partial charge in [-0.2, -0.15) is 4.31 Å². The molecule has 1 aromatic rings. The first kappa shape index (κ1) is 14.7. The maximum absolute atomic E-state index is 12.3. The highest BCUT2D eigenvalue weighted by Crippen LogP contribution is 2.38. The van der Waals surface area contributed by atoms with Crippen LogP contribution < -0.4 is 0 Å². The first-order valence-electron chi connectivity index (χ1n) is 5.72. The molecule has 0 atom stereocenters. The van der Waals surface area contributed by atoms with Crippen molar-refractivity contribution >= 4 is 38.6 Å². The number of nitro groups is 1. The summed E-state index contributed by atoms with van der Waals surface area (Å²) in [7, 11) is -2.19. The van der Waals surface area contributed by atoms with Gasteiger partial charge in [0.2, 0.25) is 0 Å². The van der Waals surface area contributed by atoms with Crippen LogP contribution in [0.3, 0.4) is 0 Å². The molecule has 0 saturated heterocycles. The molecule has 1 fully saturated rings. The fraction of sp³-hybridized carbons (Fsp3) is 0.600. The minimum Gasteiger partial charge on any atom is -0.258 e. The minimum atomic E-state index is -3.68. The van der Waals surface area contributed by atoms with Gasteiger partial charge in [-0.25, -0.2) is 8.42 Å². The molecule has 0 amide bonds. The van der Waals surface area contributed by atoms with Crippen LogP contribution in [0.4, 0.5) is 5.69 Å². The number of sulfonamides is 1. The molecule has 2 rings (SSSR count). The summed E-state index contributed by atoms with van der Waals surface area (Å²) in [6.45, 7) is 0.450. The zero-order valence-electron chi connectivity index (χ0n) is 10.2. The topological polar surface area (TPSA) is 80.5 Å². The van der Waals surface area contributed by atoms with Crippen molar-refractivity contribution in [1.82, 2.24) is 4.31 Å². The molecule has 0 N–H and O–H groups in total. The lowest BCUT2D eigenvalue weighted by atomic mass is 9.86. The van der Waals surface area contributed by atoms with E-state index in [0.717, 1.165) is 36.7 Å². The highest BCUT2D eigenvalue weighted by Gasteiger charge is 2.31. The summed E-state index contributed by atoms with van der Waals surface area (Å²) in [5.74, 6) is 0.394. The Hall–Kier alpha value is -0.700. The van der Waals surface area contributed by atoms with Crippen molar-refractivity contribution in [3.05, 3.63) is 20.5 Å². The zero-order valence-corrected chi connectivity index (χ0v) is 12.6. The lowest BCUT2D eigenvalue weighted by Crippen LogP contribution is -2.33. The van der Waals surface area contributed by atoms with E-state index in [4.69, 9.17) is 11.6 Å². The number of halogens is 1. The lowest BCUT2D eigenvalue weighted by Gasteiger charge is -2.29. The molecular formula is C10H13ClN2O4S2. The predicted octanol–water partition coefficient (Wildman–Crippen LogP) is 2.73. The van der Waals surface area contributed by atoms with E-state index < -0.39 is 14.9 Å². The normalized spacial score (nSPS) is 16.6. The summed E-state index contributed by atoms with van der Waals surface area (Å²) in [6, 6.07) is 1.03. The summed E-state index contributed by atoms with van der Waals surface area (Å²) in [6.07, 6.45) is 3.20. The van der Waals surface area contributed by atoms with Crippen LogP contribution in [0, 0.1) is 16.0 Å². The van der Waals surface area contributed by atoms with E-state index in [9.17, 15) is 18.5 Å². The van der Waals surface area contributed by atoms with Crippen molar-refractivity contribution in [2.24, 2.45) is 5.92 Å². The molecule has 1 aliphatic rings. The Kier molecular flexibility index (Phi) is 4.14. The van der Waals surface area contributed by atoms with Crippen LogP contribution >= 0.6 is 22.9 Å². The van der Waals surface area contributed by atoms with Crippen molar-refractivity contribution in [1.29, 1.82) is 0 Å². The SMILES string of the molecule is CN(CC1CCC1)S(=O)(=O)c1cc([N+](=O)[O-])c(Cl)s1. The maximum Gasteiger partial charge on any atom is 0.300 e. The number of thiophene rings is 1. The third kappa shape index (κ3) is 2.91. The van der Waals surface area contributed by atoms with Gasteiger partial charge in [-0.1, -0.05) is 18.0 Å². The second-order valence-electron chi connectivity index (χ2n) is 4.56. The van der Waals surface area contributed by atoms with Crippen LogP contribution in [0.25, 0.3) is 0 Å². The molecule has 1 heterocycles. The minimum absolute atomic E-state index is 0.0778. The molecule has 19 heavy (non-hydrogen) atoms. The molecule has 0 aromatic carbocycles. The van der Waals surface area contributed by atoms with Gasteiger partial charge in [0.15, 0.2) is 4.34 Å². The predicted molar refractivity (Wildman–Crippen MR) is 73.1 cm³/mol. The Labute approximate surface area is 120 Å². The molecule has 9 heteroatoms. The first-order chi connectivity index (χ1) is 8.82. The van der Waals surface area contributed by atoms with Crippen LogP contribution in [0.2, 0.25) is 4.34 Å². The molecule has 0 radical (unpaired) electrons. The number of rotatable bonds is 5. The van der Waals surface area contributed by atoms with Gasteiger partial charge in [-0.3, -0.25) is 10.1 Å². The Morgan fingerprint density at radius 2 is 2.21 bits per heavy atom. The van der Waals surface area contributed by atoms with Gasteiger partial charge in [0.05, 0.1) is 4.92 Å². The molecule has 106 valence electrons. The van der Waals surface area contributed by atoms with E-state index in [1.807, 2.05) is 0 Å². The van der Waals surface area contributed by atoms with Crippen LogP contribution in [-0.2, 0) is 10.0 Å². The fourth-order valence-corrected chi connectivity index (χ4v) is 5.00. The van der Waals surface area contributed by atoms with Gasteiger partial charge in [0.25, 0.3) is 15.7 Å². The first-order valence-corrected chi connectivity index (χ1v) is 8.36. The summed E-state index contributed by atoms with van der Waals surface area (Å²) in [5.41, 5.74) is -0.359. The third-order valence-corrected chi connectivity index (χ3v) is 6.86. The maximum atomic E-state index is 12.3. The van der Waals surface area contributed by atoms with Gasteiger partial charge in [0.1, 0.15) is 4.21 Å². The van der Waals surface area contributed by atoms with E-state index in [2.05, 4.69) is 0 Å². The van der Waals surface area contributed by atoms with E-state index >= 15 is 0 Å². The van der Waals surface area contributed by atoms with Crippen molar-refractivity contribution in [3.8, 4) is 0 Å². The van der Waals surface area contributed by atoms with E-state index in [1.54, 1.807) is 0 Å². The Balaban J connectivity index is 2.23. The molecule has 6 nitrogen and oxygen atoms in total. The molecule has 0 aliphatic heterocycles. The number of hydrogen-bond donors (Lipinski definition) is 0. The highest BCUT2D eigenvalue weighted by molar-refractivity contribution is 7.91. The average molecular weight is 325 g/mol. The van der Waals surface area contributed by atoms with E-state index in [0.29, 0.717) is 12.5 Å². The monoisotopic (exact) mass is 324 g/mol. The molecular weight excluding hydrogens is 312 g/mol. The number of nitrogens with zero attached hydrogens (tertiary/aromatic N) is 2. The molecule has 0 spiro atoms. The van der Waals surface area contributed by atoms with Gasteiger partial charge < -0.3 is 0 Å². The van der Waals surface area contributed by atoms with Crippen LogP contribution in [0.1, 0.15) is 19.3 Å². The summed E-state index contributed by atoms with van der Waals surface area (Å²) in [5, 5.41) is 10.7. The van der Waals surface area contributed by atoms with E-state index in [-0.39, 0.29) is 14.2 Å². The summed E-state index contributed by atoms with van der Waals surface area (Å²) in [4.78, 5) is 10.0. The van der Waals surface area contributed by atoms with Crippen molar-refractivity contribution in [2.45, 2.75) is 23.5 Å². The van der Waals surface area contributed by atoms with Crippen molar-refractivity contribution in [3.63, 3.8) is 0 Å². The third-order valence-electron chi connectivity index (χ3n) is 3.25. The molecule has 1 saturated carbocycles. The van der Waals surface area contributed by atoms with Crippen LogP contribution in [-0.4, -0.2) is 31.2 Å². The smallest absolute Gasteiger partial charge is 0.258 e. The quantitative estimate of drug-likeness (QED) is 0.616. The zero-order chi connectivity index (χ0) is 14.2. The Morgan fingerprint density at radius 1 is 1.58 bits per heavy atom. The Morgan fingerprint density at radius 3 is 2.63 bits per heavy atom. The molecule has 1 aliphatic carbocycles. The summed E-state index contributed by atoms with van der Waals surface area (Å²) >= 11 is 6.41. The van der Waals surface area contributed by atoms with Gasteiger partial charge in [-0.15, -0.1) is 11.3 Å². The molecule has 1 aromatic heterocycles. The standard InChI is InChI=1S/C10H13ClN2O4S2/c1-12(6-7-3-2-4-7)19(16,17)9-5-8(13(14)15)10(11)18-9/h5,7H,2-4,6H2,1H3. The lowest BCUT2D eigenvalue weighted by molar-refractivity contribution is -0.384. The van der Waals surface area contributed by atoms with Gasteiger partial charge in [-0.05, 0) is 18.8 Å². The Bertz CT molecular complexity index is 595. The second-order valence-corrected chi connectivity index (χ2v) is 8.49.